The van der Waals surface area contributed by atoms with Crippen molar-refractivity contribution in [3.05, 3.63) is 0 Å². The van der Waals surface area contributed by atoms with Gasteiger partial charge in [0.15, 0.2) is 0 Å². The second kappa shape index (κ2) is 3.90. The Balaban J connectivity index is 2.44. The van der Waals surface area contributed by atoms with Gasteiger partial charge in [-0.25, -0.2) is 0 Å². The van der Waals surface area contributed by atoms with Crippen LogP contribution in [0.2, 0.25) is 0 Å². The summed E-state index contributed by atoms with van der Waals surface area (Å²) in [6, 6.07) is 0. The Labute approximate surface area is 72.7 Å². The van der Waals surface area contributed by atoms with E-state index in [2.05, 4.69) is 0 Å². The molecule has 0 unspecified atom stereocenters. The maximum atomic E-state index is 11.1. The summed E-state index contributed by atoms with van der Waals surface area (Å²) in [5.41, 5.74) is 0. The van der Waals surface area contributed by atoms with Gasteiger partial charge in [0.25, 0.3) is 0 Å². The van der Waals surface area contributed by atoms with Crippen LogP contribution in [0.3, 0.4) is 0 Å². The minimum Gasteiger partial charge on any atom is -0.459 e. The predicted octanol–water partition coefficient (Wildman–Crippen LogP) is 1.10. The number of hydrogen-bond donors (Lipinski definition) is 1. The summed E-state index contributed by atoms with van der Waals surface area (Å²) in [5.74, 6) is -0.114. The summed E-state index contributed by atoms with van der Waals surface area (Å²) in [4.78, 5) is 11.1. The lowest BCUT2D eigenvalue weighted by atomic mass is 9.98. The highest BCUT2D eigenvalue weighted by atomic mass is 16.6. The second-order valence-electron chi connectivity index (χ2n) is 3.44. The van der Waals surface area contributed by atoms with Crippen LogP contribution < -0.4 is 0 Å². The lowest BCUT2D eigenvalue weighted by molar-refractivity contribution is -0.147. The van der Waals surface area contributed by atoms with Gasteiger partial charge in [-0.2, -0.15) is 0 Å². The van der Waals surface area contributed by atoms with Crippen LogP contribution in [-0.4, -0.2) is 23.3 Å². The van der Waals surface area contributed by atoms with Crippen molar-refractivity contribution in [3.63, 3.8) is 0 Å². The quantitative estimate of drug-likeness (QED) is 0.648. The van der Waals surface area contributed by atoms with Gasteiger partial charge in [0.2, 0.25) is 0 Å². The molecule has 1 saturated heterocycles. The van der Waals surface area contributed by atoms with Crippen LogP contribution in [0.15, 0.2) is 0 Å². The third kappa shape index (κ3) is 1.97. The fourth-order valence-electron chi connectivity index (χ4n) is 1.55. The van der Waals surface area contributed by atoms with Crippen molar-refractivity contribution in [3.8, 4) is 0 Å². The number of ether oxygens (including phenoxy) is 1. The fraction of sp³-hybridized carbons (Fsp3) is 0.889. The number of hydrogen-bond acceptors (Lipinski definition) is 3. The van der Waals surface area contributed by atoms with Crippen molar-refractivity contribution in [2.24, 2.45) is 5.92 Å². The van der Waals surface area contributed by atoms with Crippen molar-refractivity contribution in [2.45, 2.75) is 45.3 Å². The first-order chi connectivity index (χ1) is 5.65. The highest BCUT2D eigenvalue weighted by Gasteiger charge is 2.35. The lowest BCUT2D eigenvalue weighted by Gasteiger charge is -2.10. The molecule has 1 aliphatic rings. The van der Waals surface area contributed by atoms with Gasteiger partial charge in [-0.15, -0.1) is 0 Å². The molecule has 0 aromatic heterocycles. The second-order valence-corrected chi connectivity index (χ2v) is 3.44. The van der Waals surface area contributed by atoms with Crippen LogP contribution in [0, 0.1) is 5.92 Å². The zero-order valence-electron chi connectivity index (χ0n) is 7.62. The van der Waals surface area contributed by atoms with Crippen LogP contribution in [0.1, 0.15) is 33.1 Å². The first kappa shape index (κ1) is 9.52. The molecule has 1 N–H and O–H groups in total. The Bertz CT molecular complexity index is 165. The summed E-state index contributed by atoms with van der Waals surface area (Å²) in [7, 11) is 0. The number of carbonyl (C=O) groups excluding carboxylic acids is 1. The fourth-order valence-corrected chi connectivity index (χ4v) is 1.55. The normalized spacial score (nSPS) is 31.8. The number of cyclic esters (lactones) is 1. The van der Waals surface area contributed by atoms with Crippen LogP contribution in [0.4, 0.5) is 0 Å². The van der Waals surface area contributed by atoms with Gasteiger partial charge in [-0.05, 0) is 13.3 Å². The molecule has 70 valence electrons. The van der Waals surface area contributed by atoms with Crippen LogP contribution >= 0.6 is 0 Å². The molecule has 0 saturated carbocycles. The topological polar surface area (TPSA) is 46.5 Å². The van der Waals surface area contributed by atoms with Crippen molar-refractivity contribution in [1.82, 2.24) is 0 Å². The van der Waals surface area contributed by atoms with Crippen molar-refractivity contribution < 1.29 is 14.6 Å². The van der Waals surface area contributed by atoms with Gasteiger partial charge < -0.3 is 9.84 Å². The maximum absolute atomic E-state index is 11.1. The Morgan fingerprint density at radius 1 is 1.75 bits per heavy atom. The van der Waals surface area contributed by atoms with Gasteiger partial charge in [-0.3, -0.25) is 4.79 Å². The number of aliphatic hydroxyl groups is 1. The molecule has 1 aliphatic heterocycles. The van der Waals surface area contributed by atoms with E-state index < -0.39 is 6.10 Å². The van der Waals surface area contributed by atoms with E-state index in [0.717, 1.165) is 12.8 Å². The zero-order chi connectivity index (χ0) is 9.14. The maximum Gasteiger partial charge on any atom is 0.309 e. The Hall–Kier alpha value is -0.570. The molecule has 0 bridgehead atoms. The van der Waals surface area contributed by atoms with E-state index in [4.69, 9.17) is 4.74 Å². The number of esters is 1. The van der Waals surface area contributed by atoms with Gasteiger partial charge in [0, 0.05) is 6.42 Å². The van der Waals surface area contributed by atoms with Gasteiger partial charge in [0.1, 0.15) is 6.10 Å². The minimum absolute atomic E-state index is 0.0228. The third-order valence-electron chi connectivity index (χ3n) is 2.29. The highest BCUT2D eigenvalue weighted by Crippen LogP contribution is 2.26. The molecule has 0 aromatic rings. The van der Waals surface area contributed by atoms with E-state index in [0.29, 0.717) is 6.42 Å². The molecule has 1 heterocycles. The molecule has 12 heavy (non-hydrogen) atoms. The first-order valence-electron chi connectivity index (χ1n) is 4.53. The molecular formula is C9H16O3. The van der Waals surface area contributed by atoms with E-state index in [1.165, 1.54) is 0 Å². The van der Waals surface area contributed by atoms with Crippen molar-refractivity contribution in [1.29, 1.82) is 0 Å². The summed E-state index contributed by atoms with van der Waals surface area (Å²) < 4.78 is 5.00. The van der Waals surface area contributed by atoms with Gasteiger partial charge in [-0.1, -0.05) is 13.3 Å². The van der Waals surface area contributed by atoms with Gasteiger partial charge >= 0.3 is 5.97 Å². The highest BCUT2D eigenvalue weighted by molar-refractivity contribution is 5.74. The van der Waals surface area contributed by atoms with E-state index in [-0.39, 0.29) is 18.0 Å². The van der Waals surface area contributed by atoms with Crippen molar-refractivity contribution in [2.75, 3.05) is 0 Å². The van der Waals surface area contributed by atoms with E-state index in [1.807, 2.05) is 6.92 Å². The first-order valence-corrected chi connectivity index (χ1v) is 4.53. The average Bonchev–Trinajstić information content (AvgIpc) is 2.34. The lowest BCUT2D eigenvalue weighted by Crippen LogP contribution is -2.21. The smallest absolute Gasteiger partial charge is 0.309 e. The van der Waals surface area contributed by atoms with Gasteiger partial charge in [0.05, 0.1) is 12.0 Å². The van der Waals surface area contributed by atoms with Crippen LogP contribution in [-0.2, 0) is 9.53 Å². The molecule has 0 radical (unpaired) electrons. The Kier molecular flexibility index (Phi) is 3.09. The average molecular weight is 172 g/mol. The Morgan fingerprint density at radius 3 is 2.83 bits per heavy atom. The zero-order valence-corrected chi connectivity index (χ0v) is 7.62. The monoisotopic (exact) mass is 172 g/mol. The van der Waals surface area contributed by atoms with E-state index >= 15 is 0 Å². The summed E-state index contributed by atoms with van der Waals surface area (Å²) in [6.07, 6.45) is 1.75. The molecule has 1 fully saturated rings. The largest absolute Gasteiger partial charge is 0.459 e. The third-order valence-corrected chi connectivity index (χ3v) is 2.29. The molecule has 1 rings (SSSR count). The molecule has 3 heteroatoms. The van der Waals surface area contributed by atoms with Crippen molar-refractivity contribution >= 4 is 5.97 Å². The summed E-state index contributed by atoms with van der Waals surface area (Å²) >= 11 is 0. The predicted molar refractivity (Wildman–Crippen MR) is 44.6 cm³/mol. The molecular weight excluding hydrogens is 156 g/mol. The molecule has 0 aliphatic carbocycles. The Morgan fingerprint density at radius 2 is 2.42 bits per heavy atom. The number of aliphatic hydroxyl groups excluding tert-OH is 1. The number of rotatable bonds is 3. The standard InChI is InChI=1S/C9H16O3/c1-3-4-7-5-8(6(2)10)12-9(7)11/h6-8,10H,3-5H2,1-2H3/t6-,7+,8+/m0/s1. The van der Waals surface area contributed by atoms with Crippen LogP contribution in [0.25, 0.3) is 0 Å². The molecule has 0 amide bonds. The number of carbonyl (C=O) groups is 1. The van der Waals surface area contributed by atoms with Crippen LogP contribution in [0.5, 0.6) is 0 Å². The molecule has 0 aromatic carbocycles. The van der Waals surface area contributed by atoms with E-state index in [1.54, 1.807) is 6.92 Å². The molecule has 3 nitrogen and oxygen atoms in total. The summed E-state index contributed by atoms with van der Waals surface area (Å²) in [5, 5.41) is 9.18. The SMILES string of the molecule is CCC[C@@H]1C[C@H]([C@H](C)O)OC1=O. The molecule has 0 spiro atoms. The summed E-state index contributed by atoms with van der Waals surface area (Å²) in [6.45, 7) is 3.70. The molecule has 3 atom stereocenters. The van der Waals surface area contributed by atoms with E-state index in [9.17, 15) is 9.90 Å². The minimum atomic E-state index is -0.532.